The molecule has 1 unspecified atom stereocenters. The molecule has 17 heavy (non-hydrogen) atoms. The zero-order valence-electron chi connectivity index (χ0n) is 10.8. The van der Waals surface area contributed by atoms with Crippen LogP contribution >= 0.6 is 0 Å². The number of carbonyl (C=O) groups is 1. The summed E-state index contributed by atoms with van der Waals surface area (Å²) in [6.45, 7) is 5.10. The van der Waals surface area contributed by atoms with Crippen molar-refractivity contribution in [3.8, 4) is 0 Å². The number of H-pyrrole nitrogens is 1. The lowest BCUT2D eigenvalue weighted by molar-refractivity contribution is 0.0941. The van der Waals surface area contributed by atoms with E-state index in [0.717, 1.165) is 13.0 Å². The molecule has 1 rings (SSSR count). The van der Waals surface area contributed by atoms with E-state index in [4.69, 9.17) is 5.73 Å². The largest absolute Gasteiger partial charge is 0.397 e. The minimum atomic E-state index is -0.0725. The fourth-order valence-electron chi connectivity index (χ4n) is 1.82. The second kappa shape index (κ2) is 6.99. The molecule has 0 saturated heterocycles. The molecule has 0 aliphatic carbocycles. The van der Waals surface area contributed by atoms with E-state index in [0.29, 0.717) is 17.3 Å². The van der Waals surface area contributed by atoms with Crippen molar-refractivity contribution in [2.75, 3.05) is 12.3 Å². The van der Waals surface area contributed by atoms with Crippen LogP contribution in [0.4, 0.5) is 5.69 Å². The van der Waals surface area contributed by atoms with Crippen LogP contribution in [0.25, 0.3) is 0 Å². The van der Waals surface area contributed by atoms with Crippen molar-refractivity contribution in [1.29, 1.82) is 0 Å². The number of aromatic nitrogens is 1. The summed E-state index contributed by atoms with van der Waals surface area (Å²) in [6, 6.07) is 1.66. The first kappa shape index (κ1) is 13.6. The second-order valence-electron chi connectivity index (χ2n) is 4.47. The van der Waals surface area contributed by atoms with Gasteiger partial charge in [-0.05, 0) is 18.4 Å². The first-order chi connectivity index (χ1) is 8.17. The third kappa shape index (κ3) is 4.51. The summed E-state index contributed by atoms with van der Waals surface area (Å²) in [7, 11) is 0. The highest BCUT2D eigenvalue weighted by atomic mass is 16.1. The summed E-state index contributed by atoms with van der Waals surface area (Å²) in [6.07, 6.45) is 6.35. The number of rotatable bonds is 7. The second-order valence-corrected chi connectivity index (χ2v) is 4.47. The van der Waals surface area contributed by atoms with Gasteiger partial charge in [0.15, 0.2) is 0 Å². The molecule has 0 spiro atoms. The number of hydrogen-bond acceptors (Lipinski definition) is 2. The molecule has 1 amide bonds. The fourth-order valence-corrected chi connectivity index (χ4v) is 1.82. The highest BCUT2D eigenvalue weighted by Crippen LogP contribution is 2.11. The lowest BCUT2D eigenvalue weighted by Gasteiger charge is -2.14. The van der Waals surface area contributed by atoms with Gasteiger partial charge in [-0.15, -0.1) is 0 Å². The zero-order chi connectivity index (χ0) is 12.7. The topological polar surface area (TPSA) is 70.9 Å². The first-order valence-electron chi connectivity index (χ1n) is 6.39. The van der Waals surface area contributed by atoms with Crippen LogP contribution in [-0.2, 0) is 0 Å². The average Bonchev–Trinajstić information content (AvgIpc) is 2.76. The molecule has 4 heteroatoms. The number of nitrogens with two attached hydrogens (primary N) is 1. The van der Waals surface area contributed by atoms with Crippen LogP contribution in [0.3, 0.4) is 0 Å². The molecule has 0 radical (unpaired) electrons. The van der Waals surface area contributed by atoms with Crippen molar-refractivity contribution < 1.29 is 4.79 Å². The van der Waals surface area contributed by atoms with E-state index in [1.54, 1.807) is 12.3 Å². The molecule has 1 aromatic heterocycles. The van der Waals surface area contributed by atoms with Gasteiger partial charge in [0.25, 0.3) is 5.91 Å². The highest BCUT2D eigenvalue weighted by Gasteiger charge is 2.10. The van der Waals surface area contributed by atoms with Crippen LogP contribution in [0.15, 0.2) is 12.3 Å². The van der Waals surface area contributed by atoms with Gasteiger partial charge in [-0.25, -0.2) is 0 Å². The van der Waals surface area contributed by atoms with Crippen LogP contribution in [-0.4, -0.2) is 17.4 Å². The van der Waals surface area contributed by atoms with Crippen molar-refractivity contribution in [3.63, 3.8) is 0 Å². The Hall–Kier alpha value is -1.45. The van der Waals surface area contributed by atoms with Gasteiger partial charge in [-0.1, -0.05) is 33.1 Å². The third-order valence-electron chi connectivity index (χ3n) is 3.04. The normalized spacial score (nSPS) is 12.4. The molecule has 0 aromatic carbocycles. The van der Waals surface area contributed by atoms with Crippen molar-refractivity contribution in [1.82, 2.24) is 10.3 Å². The molecule has 0 fully saturated rings. The Morgan fingerprint density at radius 2 is 2.29 bits per heavy atom. The van der Waals surface area contributed by atoms with E-state index in [2.05, 4.69) is 24.1 Å². The molecule has 96 valence electrons. The van der Waals surface area contributed by atoms with Crippen LogP contribution in [0.1, 0.15) is 50.0 Å². The first-order valence-corrected chi connectivity index (χ1v) is 6.39. The van der Waals surface area contributed by atoms with Crippen LogP contribution < -0.4 is 11.1 Å². The quantitative estimate of drug-likeness (QED) is 0.682. The predicted octanol–water partition coefficient (Wildman–Crippen LogP) is 2.54. The molecular weight excluding hydrogens is 214 g/mol. The smallest absolute Gasteiger partial charge is 0.267 e. The number of anilines is 1. The minimum Gasteiger partial charge on any atom is -0.397 e. The summed E-state index contributed by atoms with van der Waals surface area (Å²) < 4.78 is 0. The summed E-state index contributed by atoms with van der Waals surface area (Å²) in [5.41, 5.74) is 6.68. The fraction of sp³-hybridized carbons (Fsp3) is 0.615. The van der Waals surface area contributed by atoms with Crippen LogP contribution in [0.2, 0.25) is 0 Å². The van der Waals surface area contributed by atoms with Gasteiger partial charge < -0.3 is 16.0 Å². The summed E-state index contributed by atoms with van der Waals surface area (Å²) in [4.78, 5) is 14.6. The van der Waals surface area contributed by atoms with E-state index in [1.165, 1.54) is 19.3 Å². The number of nitrogen functional groups attached to an aromatic ring is 1. The predicted molar refractivity (Wildman–Crippen MR) is 70.8 cm³/mol. The van der Waals surface area contributed by atoms with Gasteiger partial charge in [0.1, 0.15) is 5.69 Å². The number of unbranched alkanes of at least 4 members (excludes halogenated alkanes) is 1. The molecule has 1 aromatic rings. The molecule has 4 N–H and O–H groups in total. The molecule has 1 atom stereocenters. The van der Waals surface area contributed by atoms with Gasteiger partial charge in [-0.3, -0.25) is 4.79 Å². The van der Waals surface area contributed by atoms with E-state index in [9.17, 15) is 4.79 Å². The van der Waals surface area contributed by atoms with Crippen molar-refractivity contribution in [2.45, 2.75) is 39.5 Å². The van der Waals surface area contributed by atoms with E-state index >= 15 is 0 Å². The molecule has 1 heterocycles. The number of amides is 1. The van der Waals surface area contributed by atoms with E-state index in [-0.39, 0.29) is 5.91 Å². The van der Waals surface area contributed by atoms with Gasteiger partial charge in [-0.2, -0.15) is 0 Å². The number of nitrogens with one attached hydrogen (secondary N) is 2. The van der Waals surface area contributed by atoms with Crippen LogP contribution in [0.5, 0.6) is 0 Å². The van der Waals surface area contributed by atoms with Crippen molar-refractivity contribution in [3.05, 3.63) is 18.0 Å². The van der Waals surface area contributed by atoms with Crippen molar-refractivity contribution in [2.24, 2.45) is 5.92 Å². The average molecular weight is 237 g/mol. The van der Waals surface area contributed by atoms with Gasteiger partial charge in [0, 0.05) is 18.4 Å². The number of aromatic amines is 1. The molecule has 4 nitrogen and oxygen atoms in total. The molecule has 0 aliphatic heterocycles. The van der Waals surface area contributed by atoms with Gasteiger partial charge >= 0.3 is 0 Å². The maximum Gasteiger partial charge on any atom is 0.267 e. The lowest BCUT2D eigenvalue weighted by atomic mass is 9.99. The third-order valence-corrected chi connectivity index (χ3v) is 3.04. The Balaban J connectivity index is 2.36. The Bertz CT molecular complexity index is 346. The number of carbonyl (C=O) groups excluding carboxylic acids is 1. The van der Waals surface area contributed by atoms with Crippen LogP contribution in [0, 0.1) is 5.92 Å². The highest BCUT2D eigenvalue weighted by molar-refractivity contribution is 5.93. The van der Waals surface area contributed by atoms with Gasteiger partial charge in [0.2, 0.25) is 0 Å². The van der Waals surface area contributed by atoms with E-state index < -0.39 is 0 Å². The molecule has 0 aliphatic rings. The summed E-state index contributed by atoms with van der Waals surface area (Å²) in [5.74, 6) is 0.503. The molecular formula is C13H23N3O. The van der Waals surface area contributed by atoms with E-state index in [1.807, 2.05) is 0 Å². The summed E-state index contributed by atoms with van der Waals surface area (Å²) in [5, 5.41) is 2.95. The molecule has 0 bridgehead atoms. The Kier molecular flexibility index (Phi) is 5.60. The number of hydrogen-bond donors (Lipinski definition) is 3. The Morgan fingerprint density at radius 1 is 1.53 bits per heavy atom. The lowest BCUT2D eigenvalue weighted by Crippen LogP contribution is -2.29. The minimum absolute atomic E-state index is 0.0725. The Morgan fingerprint density at radius 3 is 2.82 bits per heavy atom. The zero-order valence-corrected chi connectivity index (χ0v) is 10.8. The maximum atomic E-state index is 11.8. The molecule has 0 saturated carbocycles. The van der Waals surface area contributed by atoms with Gasteiger partial charge in [0.05, 0.1) is 0 Å². The standard InChI is InChI=1S/C13H23N3O/c1-3-5-6-10(4-2)8-16-13(17)12-7-11(14)9-15-12/h7,9-10,15H,3-6,8,14H2,1-2H3,(H,16,17). The SMILES string of the molecule is CCCCC(CC)CNC(=O)c1cc(N)c[nH]1. The maximum absolute atomic E-state index is 11.8. The summed E-state index contributed by atoms with van der Waals surface area (Å²) >= 11 is 0. The monoisotopic (exact) mass is 237 g/mol. The Labute approximate surface area is 103 Å². The van der Waals surface area contributed by atoms with Crippen molar-refractivity contribution >= 4 is 11.6 Å².